The molecule has 0 radical (unpaired) electrons. The molecule has 2 atom stereocenters. The van der Waals surface area contributed by atoms with Crippen LogP contribution >= 0.6 is 0 Å². The number of carbonyl (C=O) groups excluding carboxylic acids is 1. The highest BCUT2D eigenvalue weighted by Gasteiger charge is 2.35. The van der Waals surface area contributed by atoms with Crippen LogP contribution in [0.3, 0.4) is 0 Å². The van der Waals surface area contributed by atoms with Gasteiger partial charge in [0.25, 0.3) is 0 Å². The number of rotatable bonds is 4. The van der Waals surface area contributed by atoms with E-state index in [0.29, 0.717) is 13.0 Å². The average molecular weight is 220 g/mol. The molecule has 1 aliphatic rings. The highest BCUT2D eigenvalue weighted by molar-refractivity contribution is 5.71. The van der Waals surface area contributed by atoms with Gasteiger partial charge in [-0.15, -0.1) is 0 Å². The third kappa shape index (κ3) is 2.61. The lowest BCUT2D eigenvalue weighted by Crippen LogP contribution is -2.21. The van der Waals surface area contributed by atoms with Crippen LogP contribution in [0.15, 0.2) is 30.3 Å². The molecule has 16 heavy (non-hydrogen) atoms. The van der Waals surface area contributed by atoms with Crippen molar-refractivity contribution >= 4 is 5.97 Å². The molecule has 86 valence electrons. The lowest BCUT2D eigenvalue weighted by Gasteiger charge is -2.16. The molecule has 1 aliphatic heterocycles. The Morgan fingerprint density at radius 1 is 1.38 bits per heavy atom. The molecule has 0 aliphatic carbocycles. The molecule has 1 heterocycles. The SMILES string of the molecule is CCO[C@H]1OC(=O)C[C@H]1Cc1ccccc1. The van der Waals surface area contributed by atoms with E-state index < -0.39 is 0 Å². The van der Waals surface area contributed by atoms with Gasteiger partial charge in [-0.2, -0.15) is 0 Å². The molecule has 2 rings (SSSR count). The Bertz CT molecular complexity index is 347. The van der Waals surface area contributed by atoms with Crippen LogP contribution in [0.2, 0.25) is 0 Å². The Kier molecular flexibility index (Phi) is 3.57. The van der Waals surface area contributed by atoms with Crippen LogP contribution < -0.4 is 0 Å². The molecule has 0 saturated carbocycles. The first-order valence-corrected chi connectivity index (χ1v) is 5.64. The minimum absolute atomic E-state index is 0.148. The quantitative estimate of drug-likeness (QED) is 0.729. The van der Waals surface area contributed by atoms with Gasteiger partial charge >= 0.3 is 5.97 Å². The summed E-state index contributed by atoms with van der Waals surface area (Å²) in [6.45, 7) is 2.48. The van der Waals surface area contributed by atoms with Gasteiger partial charge in [-0.3, -0.25) is 4.79 Å². The van der Waals surface area contributed by atoms with Crippen molar-refractivity contribution < 1.29 is 14.3 Å². The maximum absolute atomic E-state index is 11.2. The van der Waals surface area contributed by atoms with E-state index in [-0.39, 0.29) is 18.2 Å². The molecule has 0 unspecified atom stereocenters. The fourth-order valence-corrected chi connectivity index (χ4v) is 2.00. The zero-order chi connectivity index (χ0) is 11.4. The summed E-state index contributed by atoms with van der Waals surface area (Å²) in [4.78, 5) is 11.2. The summed E-state index contributed by atoms with van der Waals surface area (Å²) in [6.07, 6.45) is 0.925. The Balaban J connectivity index is 2.00. The van der Waals surface area contributed by atoms with Crippen LogP contribution in [-0.2, 0) is 20.7 Å². The van der Waals surface area contributed by atoms with Gasteiger partial charge in [0.05, 0.1) is 6.42 Å². The number of benzene rings is 1. The first kappa shape index (κ1) is 11.1. The zero-order valence-corrected chi connectivity index (χ0v) is 9.39. The summed E-state index contributed by atoms with van der Waals surface area (Å²) in [6, 6.07) is 10.1. The number of ether oxygens (including phenoxy) is 2. The molecule has 1 fully saturated rings. The summed E-state index contributed by atoms with van der Waals surface area (Å²) >= 11 is 0. The van der Waals surface area contributed by atoms with Gasteiger partial charge in [0.1, 0.15) is 0 Å². The Morgan fingerprint density at radius 2 is 2.12 bits per heavy atom. The van der Waals surface area contributed by atoms with E-state index in [1.54, 1.807) is 0 Å². The molecule has 0 N–H and O–H groups in total. The van der Waals surface area contributed by atoms with E-state index >= 15 is 0 Å². The highest BCUT2D eigenvalue weighted by atomic mass is 16.7. The summed E-state index contributed by atoms with van der Waals surface area (Å²) in [7, 11) is 0. The Labute approximate surface area is 95.4 Å². The number of hydrogen-bond acceptors (Lipinski definition) is 3. The van der Waals surface area contributed by atoms with Gasteiger partial charge in [0, 0.05) is 12.5 Å². The van der Waals surface area contributed by atoms with Crippen molar-refractivity contribution in [3.8, 4) is 0 Å². The van der Waals surface area contributed by atoms with Crippen LogP contribution in [0.25, 0.3) is 0 Å². The Hall–Kier alpha value is -1.35. The topological polar surface area (TPSA) is 35.5 Å². The molecule has 1 saturated heterocycles. The third-order valence-electron chi connectivity index (χ3n) is 2.73. The van der Waals surface area contributed by atoms with Crippen LogP contribution in [0.1, 0.15) is 18.9 Å². The van der Waals surface area contributed by atoms with Crippen molar-refractivity contribution in [3.05, 3.63) is 35.9 Å². The monoisotopic (exact) mass is 220 g/mol. The average Bonchev–Trinajstić information content (AvgIpc) is 2.61. The first-order valence-electron chi connectivity index (χ1n) is 5.64. The second-order valence-electron chi connectivity index (χ2n) is 3.97. The highest BCUT2D eigenvalue weighted by Crippen LogP contribution is 2.26. The van der Waals surface area contributed by atoms with Crippen LogP contribution in [0, 0.1) is 5.92 Å². The van der Waals surface area contributed by atoms with Crippen molar-refractivity contribution in [1.29, 1.82) is 0 Å². The third-order valence-corrected chi connectivity index (χ3v) is 2.73. The Morgan fingerprint density at radius 3 is 2.81 bits per heavy atom. The maximum Gasteiger partial charge on any atom is 0.308 e. The number of hydrogen-bond donors (Lipinski definition) is 0. The lowest BCUT2D eigenvalue weighted by atomic mass is 9.97. The number of carbonyl (C=O) groups is 1. The molecule has 3 heteroatoms. The van der Waals surface area contributed by atoms with Gasteiger partial charge in [-0.1, -0.05) is 30.3 Å². The van der Waals surface area contributed by atoms with Crippen molar-refractivity contribution in [3.63, 3.8) is 0 Å². The van der Waals surface area contributed by atoms with Crippen molar-refractivity contribution in [1.82, 2.24) is 0 Å². The second-order valence-corrected chi connectivity index (χ2v) is 3.97. The molecule has 0 amide bonds. The number of cyclic esters (lactones) is 1. The maximum atomic E-state index is 11.2. The van der Waals surface area contributed by atoms with Crippen LogP contribution in [-0.4, -0.2) is 18.9 Å². The summed E-state index contributed by atoms with van der Waals surface area (Å²) in [5, 5.41) is 0. The van der Waals surface area contributed by atoms with Crippen LogP contribution in [0.4, 0.5) is 0 Å². The van der Waals surface area contributed by atoms with Crippen molar-refractivity contribution in [2.24, 2.45) is 5.92 Å². The number of esters is 1. The van der Waals surface area contributed by atoms with E-state index in [2.05, 4.69) is 12.1 Å². The summed E-state index contributed by atoms with van der Waals surface area (Å²) < 4.78 is 10.5. The van der Waals surface area contributed by atoms with Crippen LogP contribution in [0.5, 0.6) is 0 Å². The normalized spacial score (nSPS) is 24.4. The fraction of sp³-hybridized carbons (Fsp3) is 0.462. The smallest absolute Gasteiger partial charge is 0.308 e. The second kappa shape index (κ2) is 5.12. The minimum Gasteiger partial charge on any atom is -0.435 e. The standard InChI is InChI=1S/C13H16O3/c1-2-15-13-11(9-12(14)16-13)8-10-6-4-3-5-7-10/h3-7,11,13H,2,8-9H2,1H3/t11-,13+/m1/s1. The van der Waals surface area contributed by atoms with E-state index in [9.17, 15) is 4.79 Å². The predicted molar refractivity (Wildman–Crippen MR) is 59.8 cm³/mol. The van der Waals surface area contributed by atoms with E-state index in [1.807, 2.05) is 25.1 Å². The van der Waals surface area contributed by atoms with Gasteiger partial charge in [0.15, 0.2) is 0 Å². The van der Waals surface area contributed by atoms with Crippen molar-refractivity contribution in [2.45, 2.75) is 26.1 Å². The van der Waals surface area contributed by atoms with E-state index in [0.717, 1.165) is 6.42 Å². The molecule has 1 aromatic carbocycles. The summed E-state index contributed by atoms with van der Waals surface area (Å²) in [5.74, 6) is -0.00534. The molecule has 3 nitrogen and oxygen atoms in total. The lowest BCUT2D eigenvalue weighted by molar-refractivity contribution is -0.166. The van der Waals surface area contributed by atoms with E-state index in [4.69, 9.17) is 9.47 Å². The van der Waals surface area contributed by atoms with E-state index in [1.165, 1.54) is 5.56 Å². The van der Waals surface area contributed by atoms with Crippen molar-refractivity contribution in [2.75, 3.05) is 6.61 Å². The van der Waals surface area contributed by atoms with Gasteiger partial charge in [-0.25, -0.2) is 0 Å². The molecule has 0 bridgehead atoms. The van der Waals surface area contributed by atoms with Gasteiger partial charge in [0.2, 0.25) is 6.29 Å². The van der Waals surface area contributed by atoms with Gasteiger partial charge in [-0.05, 0) is 18.9 Å². The fourth-order valence-electron chi connectivity index (χ4n) is 2.00. The molecular formula is C13H16O3. The van der Waals surface area contributed by atoms with Gasteiger partial charge < -0.3 is 9.47 Å². The largest absolute Gasteiger partial charge is 0.435 e. The predicted octanol–water partition coefficient (Wildman–Crippen LogP) is 2.15. The molecule has 1 aromatic rings. The summed E-state index contributed by atoms with van der Waals surface area (Å²) in [5.41, 5.74) is 1.22. The molecule has 0 spiro atoms. The zero-order valence-electron chi connectivity index (χ0n) is 9.39. The molecular weight excluding hydrogens is 204 g/mol. The molecule has 0 aromatic heterocycles. The first-order chi connectivity index (χ1) is 7.79. The minimum atomic E-state index is -0.363.